The van der Waals surface area contributed by atoms with E-state index in [1.165, 1.54) is 4.88 Å². The molecule has 1 aliphatic heterocycles. The molecule has 0 N–H and O–H groups in total. The van der Waals surface area contributed by atoms with E-state index in [1.54, 1.807) is 23.1 Å². The Bertz CT molecular complexity index is 758. The lowest BCUT2D eigenvalue weighted by molar-refractivity contribution is 0.129. The fourth-order valence-corrected chi connectivity index (χ4v) is 5.03. The molecule has 0 saturated carbocycles. The molecule has 2 aromatic heterocycles. The number of thiophene rings is 1. The SMILES string of the molecule is Cc1sc2nc(SC[C@@H]3CCCO3)n(CC(C)C)c(=O)c2c1C. The van der Waals surface area contributed by atoms with Crippen molar-refractivity contribution in [3.8, 4) is 0 Å². The molecule has 23 heavy (non-hydrogen) atoms. The number of hydrogen-bond acceptors (Lipinski definition) is 5. The average Bonchev–Trinajstić information content (AvgIpc) is 3.09. The number of aromatic nitrogens is 2. The summed E-state index contributed by atoms with van der Waals surface area (Å²) in [5, 5.41) is 1.64. The number of hydrogen-bond donors (Lipinski definition) is 0. The van der Waals surface area contributed by atoms with Crippen LogP contribution in [-0.2, 0) is 11.3 Å². The van der Waals surface area contributed by atoms with Crippen LogP contribution in [0.15, 0.2) is 9.95 Å². The summed E-state index contributed by atoms with van der Waals surface area (Å²) < 4.78 is 7.57. The lowest BCUT2D eigenvalue weighted by Crippen LogP contribution is -2.26. The zero-order valence-electron chi connectivity index (χ0n) is 14.2. The van der Waals surface area contributed by atoms with Crippen molar-refractivity contribution in [2.75, 3.05) is 12.4 Å². The van der Waals surface area contributed by atoms with Crippen molar-refractivity contribution >= 4 is 33.3 Å². The van der Waals surface area contributed by atoms with Crippen LogP contribution in [0.2, 0.25) is 0 Å². The summed E-state index contributed by atoms with van der Waals surface area (Å²) in [7, 11) is 0. The number of nitrogens with zero attached hydrogens (tertiary/aromatic N) is 2. The quantitative estimate of drug-likeness (QED) is 0.602. The van der Waals surface area contributed by atoms with Gasteiger partial charge in [0.25, 0.3) is 5.56 Å². The van der Waals surface area contributed by atoms with Gasteiger partial charge in [-0.3, -0.25) is 9.36 Å². The maximum atomic E-state index is 13.0. The molecule has 3 rings (SSSR count). The molecular weight excluding hydrogens is 328 g/mol. The predicted octanol–water partition coefficient (Wildman–Crippen LogP) is 4.00. The van der Waals surface area contributed by atoms with Gasteiger partial charge in [-0.25, -0.2) is 4.98 Å². The molecule has 4 nitrogen and oxygen atoms in total. The molecule has 126 valence electrons. The van der Waals surface area contributed by atoms with Crippen LogP contribution >= 0.6 is 23.1 Å². The average molecular weight is 353 g/mol. The molecule has 3 heterocycles. The number of thioether (sulfide) groups is 1. The summed E-state index contributed by atoms with van der Waals surface area (Å²) in [6.07, 6.45) is 2.55. The molecule has 1 fully saturated rings. The van der Waals surface area contributed by atoms with E-state index in [2.05, 4.69) is 20.8 Å². The standard InChI is InChI=1S/C17H24N2O2S2/c1-10(2)8-19-16(20)14-11(3)12(4)23-15(14)18-17(19)22-9-13-6-5-7-21-13/h10,13H,5-9H2,1-4H3/t13-/m0/s1. The Labute approximate surface area is 145 Å². The second-order valence-electron chi connectivity index (χ2n) is 6.61. The van der Waals surface area contributed by atoms with Gasteiger partial charge in [-0.05, 0) is 38.2 Å². The predicted molar refractivity (Wildman–Crippen MR) is 97.9 cm³/mol. The molecule has 0 bridgehead atoms. The van der Waals surface area contributed by atoms with Crippen molar-refractivity contribution in [3.63, 3.8) is 0 Å². The lowest BCUT2D eigenvalue weighted by Gasteiger charge is -2.15. The van der Waals surface area contributed by atoms with Gasteiger partial charge in [0.15, 0.2) is 5.16 Å². The van der Waals surface area contributed by atoms with Crippen LogP contribution in [0.25, 0.3) is 10.2 Å². The van der Waals surface area contributed by atoms with E-state index in [0.29, 0.717) is 18.6 Å². The Morgan fingerprint density at radius 3 is 2.87 bits per heavy atom. The highest BCUT2D eigenvalue weighted by atomic mass is 32.2. The van der Waals surface area contributed by atoms with Crippen LogP contribution in [0, 0.1) is 19.8 Å². The van der Waals surface area contributed by atoms with Gasteiger partial charge in [0, 0.05) is 23.8 Å². The molecule has 0 unspecified atom stereocenters. The molecule has 0 aliphatic carbocycles. The van der Waals surface area contributed by atoms with Crippen molar-refractivity contribution in [1.29, 1.82) is 0 Å². The van der Waals surface area contributed by atoms with Crippen LogP contribution in [-0.4, -0.2) is 28.0 Å². The minimum Gasteiger partial charge on any atom is -0.377 e. The Kier molecular flexibility index (Phi) is 5.13. The van der Waals surface area contributed by atoms with Gasteiger partial charge in [-0.1, -0.05) is 25.6 Å². The molecule has 0 spiro atoms. The minimum absolute atomic E-state index is 0.111. The van der Waals surface area contributed by atoms with E-state index in [4.69, 9.17) is 9.72 Å². The van der Waals surface area contributed by atoms with E-state index in [9.17, 15) is 4.79 Å². The zero-order chi connectivity index (χ0) is 16.6. The van der Waals surface area contributed by atoms with Crippen LogP contribution in [0.5, 0.6) is 0 Å². The highest BCUT2D eigenvalue weighted by molar-refractivity contribution is 7.99. The molecule has 0 amide bonds. The van der Waals surface area contributed by atoms with Gasteiger partial charge in [0.2, 0.25) is 0 Å². The zero-order valence-corrected chi connectivity index (χ0v) is 15.9. The monoisotopic (exact) mass is 352 g/mol. The molecular formula is C17H24N2O2S2. The summed E-state index contributed by atoms with van der Waals surface area (Å²) >= 11 is 3.29. The van der Waals surface area contributed by atoms with Gasteiger partial charge in [0.1, 0.15) is 4.83 Å². The fraction of sp³-hybridized carbons (Fsp3) is 0.647. The van der Waals surface area contributed by atoms with E-state index in [-0.39, 0.29) is 5.56 Å². The lowest BCUT2D eigenvalue weighted by atomic mass is 10.2. The third-order valence-electron chi connectivity index (χ3n) is 4.22. The summed E-state index contributed by atoms with van der Waals surface area (Å²) in [5.74, 6) is 1.29. The highest BCUT2D eigenvalue weighted by Gasteiger charge is 2.20. The third-order valence-corrected chi connectivity index (χ3v) is 6.43. The maximum Gasteiger partial charge on any atom is 0.263 e. The van der Waals surface area contributed by atoms with E-state index < -0.39 is 0 Å². The third kappa shape index (κ3) is 3.49. The minimum atomic E-state index is 0.111. The van der Waals surface area contributed by atoms with Crippen LogP contribution in [0.3, 0.4) is 0 Å². The smallest absolute Gasteiger partial charge is 0.263 e. The maximum absolute atomic E-state index is 13.0. The van der Waals surface area contributed by atoms with Crippen LogP contribution in [0.1, 0.15) is 37.1 Å². The Morgan fingerprint density at radius 1 is 1.43 bits per heavy atom. The summed E-state index contributed by atoms with van der Waals surface area (Å²) in [4.78, 5) is 19.9. The van der Waals surface area contributed by atoms with Gasteiger partial charge >= 0.3 is 0 Å². The first-order valence-electron chi connectivity index (χ1n) is 8.22. The van der Waals surface area contributed by atoms with Crippen LogP contribution < -0.4 is 5.56 Å². The topological polar surface area (TPSA) is 44.1 Å². The first kappa shape index (κ1) is 17.0. The highest BCUT2D eigenvalue weighted by Crippen LogP contribution is 2.29. The molecule has 1 atom stereocenters. The van der Waals surface area contributed by atoms with Crippen LogP contribution in [0.4, 0.5) is 0 Å². The molecule has 6 heteroatoms. The molecule has 0 radical (unpaired) electrons. The van der Waals surface area contributed by atoms with E-state index in [1.807, 2.05) is 11.5 Å². The first-order chi connectivity index (χ1) is 11.0. The molecule has 2 aromatic rings. The van der Waals surface area contributed by atoms with Gasteiger partial charge in [-0.15, -0.1) is 11.3 Å². The number of ether oxygens (including phenoxy) is 1. The van der Waals surface area contributed by atoms with E-state index in [0.717, 1.165) is 46.1 Å². The number of rotatable bonds is 5. The van der Waals surface area contributed by atoms with Crippen molar-refractivity contribution < 1.29 is 4.74 Å². The van der Waals surface area contributed by atoms with Gasteiger partial charge in [0.05, 0.1) is 11.5 Å². The second-order valence-corrected chi connectivity index (χ2v) is 8.80. The van der Waals surface area contributed by atoms with Crippen molar-refractivity contribution in [2.24, 2.45) is 5.92 Å². The molecule has 0 aromatic carbocycles. The van der Waals surface area contributed by atoms with E-state index >= 15 is 0 Å². The Balaban J connectivity index is 2.01. The normalized spacial score (nSPS) is 18.4. The summed E-state index contributed by atoms with van der Waals surface area (Å²) in [6, 6.07) is 0. The van der Waals surface area contributed by atoms with Crippen molar-refractivity contribution in [3.05, 3.63) is 20.8 Å². The van der Waals surface area contributed by atoms with Crippen molar-refractivity contribution in [1.82, 2.24) is 9.55 Å². The van der Waals surface area contributed by atoms with Gasteiger partial charge in [-0.2, -0.15) is 0 Å². The Morgan fingerprint density at radius 2 is 2.22 bits per heavy atom. The molecule has 1 saturated heterocycles. The first-order valence-corrected chi connectivity index (χ1v) is 10.0. The molecule has 1 aliphatic rings. The fourth-order valence-electron chi connectivity index (χ4n) is 2.89. The van der Waals surface area contributed by atoms with Gasteiger partial charge < -0.3 is 4.74 Å². The largest absolute Gasteiger partial charge is 0.377 e. The van der Waals surface area contributed by atoms with Crippen molar-refractivity contribution in [2.45, 2.75) is 58.3 Å². The number of fused-ring (bicyclic) bond motifs is 1. The number of aryl methyl sites for hydroxylation is 2. The summed E-state index contributed by atoms with van der Waals surface area (Å²) in [6.45, 7) is 9.93. The second kappa shape index (κ2) is 6.95. The summed E-state index contributed by atoms with van der Waals surface area (Å²) in [5.41, 5.74) is 1.19. The Hall–Kier alpha value is -0.850.